The maximum absolute atomic E-state index is 12.1. The molecule has 0 atom stereocenters. The minimum atomic E-state index is -0.433. The summed E-state index contributed by atoms with van der Waals surface area (Å²) >= 11 is 0. The van der Waals surface area contributed by atoms with Crippen LogP contribution in [0.5, 0.6) is 0 Å². The lowest BCUT2D eigenvalue weighted by Crippen LogP contribution is -2.24. The van der Waals surface area contributed by atoms with Crippen LogP contribution >= 0.6 is 0 Å². The molecule has 166 valence electrons. The van der Waals surface area contributed by atoms with Gasteiger partial charge in [0.1, 0.15) is 0 Å². The number of esters is 1. The predicted molar refractivity (Wildman–Crippen MR) is 118 cm³/mol. The Morgan fingerprint density at radius 3 is 2.47 bits per heavy atom. The fraction of sp³-hybridized carbons (Fsp3) is 0.304. The van der Waals surface area contributed by atoms with Gasteiger partial charge in [0.15, 0.2) is 5.82 Å². The van der Waals surface area contributed by atoms with Gasteiger partial charge in [0.2, 0.25) is 5.91 Å². The number of nitrogens with one attached hydrogen (secondary N) is 1. The molecule has 0 spiro atoms. The first-order valence-electron chi connectivity index (χ1n) is 10.3. The number of hydrogen-bond donors (Lipinski definition) is 1. The van der Waals surface area contributed by atoms with Crippen LogP contribution in [0, 0.1) is 0 Å². The van der Waals surface area contributed by atoms with Gasteiger partial charge in [-0.25, -0.2) is 4.79 Å². The molecule has 32 heavy (non-hydrogen) atoms. The molecule has 1 aromatic carbocycles. The van der Waals surface area contributed by atoms with Crippen LogP contribution in [0.3, 0.4) is 0 Å². The fourth-order valence-corrected chi connectivity index (χ4v) is 3.07. The number of carbonyl (C=O) groups is 2. The lowest BCUT2D eigenvalue weighted by atomic mass is 10.1. The third kappa shape index (κ3) is 7.12. The van der Waals surface area contributed by atoms with Crippen molar-refractivity contribution < 1.29 is 14.3 Å². The Balaban J connectivity index is 1.41. The van der Waals surface area contributed by atoms with Gasteiger partial charge in [0.05, 0.1) is 31.3 Å². The smallest absolute Gasteiger partial charge is 0.347 e. The van der Waals surface area contributed by atoms with Crippen molar-refractivity contribution in [3.8, 4) is 0 Å². The van der Waals surface area contributed by atoms with Crippen LogP contribution < -0.4 is 11.0 Å². The first-order chi connectivity index (χ1) is 15.5. The number of benzene rings is 1. The molecule has 0 saturated carbocycles. The average Bonchev–Trinajstić information content (AvgIpc) is 2.79. The number of ether oxygens (including phenoxy) is 1. The molecule has 0 aliphatic heterocycles. The largest absolute Gasteiger partial charge is 0.469 e. The Kier molecular flexibility index (Phi) is 8.19. The van der Waals surface area contributed by atoms with Gasteiger partial charge in [0.25, 0.3) is 0 Å². The number of rotatable bonds is 10. The van der Waals surface area contributed by atoms with Gasteiger partial charge in [-0.1, -0.05) is 30.3 Å². The van der Waals surface area contributed by atoms with E-state index in [-0.39, 0.29) is 24.4 Å². The lowest BCUT2D eigenvalue weighted by molar-refractivity contribution is -0.139. The molecule has 3 aromatic rings. The maximum atomic E-state index is 12.1. The van der Waals surface area contributed by atoms with Crippen molar-refractivity contribution in [3.05, 3.63) is 82.2 Å². The van der Waals surface area contributed by atoms with Crippen molar-refractivity contribution in [1.82, 2.24) is 19.7 Å². The van der Waals surface area contributed by atoms with E-state index in [2.05, 4.69) is 25.2 Å². The zero-order valence-corrected chi connectivity index (χ0v) is 17.9. The lowest BCUT2D eigenvalue weighted by Gasteiger charge is -2.07. The molecule has 1 amide bonds. The summed E-state index contributed by atoms with van der Waals surface area (Å²) in [6.07, 6.45) is 4.17. The van der Waals surface area contributed by atoms with Crippen LogP contribution in [0.25, 0.3) is 0 Å². The molecule has 0 radical (unpaired) electrons. The molecular formula is C23H25N5O4. The van der Waals surface area contributed by atoms with Gasteiger partial charge < -0.3 is 10.1 Å². The van der Waals surface area contributed by atoms with Crippen LogP contribution in [0.1, 0.15) is 29.8 Å². The maximum Gasteiger partial charge on any atom is 0.347 e. The van der Waals surface area contributed by atoms with E-state index in [1.807, 2.05) is 36.4 Å². The number of aromatic nitrogens is 4. The monoisotopic (exact) mass is 435 g/mol. The highest BCUT2D eigenvalue weighted by Crippen LogP contribution is 2.08. The molecule has 0 saturated heterocycles. The highest BCUT2D eigenvalue weighted by Gasteiger charge is 2.07. The quantitative estimate of drug-likeness (QED) is 0.382. The van der Waals surface area contributed by atoms with E-state index in [9.17, 15) is 14.4 Å². The van der Waals surface area contributed by atoms with Crippen molar-refractivity contribution in [3.63, 3.8) is 0 Å². The van der Waals surface area contributed by atoms with E-state index in [4.69, 9.17) is 0 Å². The van der Waals surface area contributed by atoms with Crippen LogP contribution in [-0.4, -0.2) is 38.7 Å². The summed E-state index contributed by atoms with van der Waals surface area (Å²) in [5.74, 6) is -0.160. The molecule has 3 rings (SSSR count). The van der Waals surface area contributed by atoms with E-state index in [0.717, 1.165) is 24.1 Å². The molecule has 2 aromatic heterocycles. The third-order valence-electron chi connectivity index (χ3n) is 4.76. The van der Waals surface area contributed by atoms with E-state index in [1.165, 1.54) is 11.7 Å². The highest BCUT2D eigenvalue weighted by atomic mass is 16.5. The second-order valence-corrected chi connectivity index (χ2v) is 7.23. The number of methoxy groups -OCH3 is 1. The van der Waals surface area contributed by atoms with Gasteiger partial charge in [-0.15, -0.1) is 5.10 Å². The molecular weight excluding hydrogens is 410 g/mol. The summed E-state index contributed by atoms with van der Waals surface area (Å²) < 4.78 is 6.09. The standard InChI is InChI=1S/C23H25N5O4/c1-32-22(30)16-19-12-14-28(23(31)24-19)13-6-5-9-18-10-11-20(27-26-18)25-21(29)15-17-7-3-2-4-8-17/h2-4,7-8,10-12,14H,5-6,9,13,15-16H2,1H3,(H,25,27,29). The predicted octanol–water partition coefficient (Wildman–Crippen LogP) is 1.95. The Morgan fingerprint density at radius 2 is 1.78 bits per heavy atom. The van der Waals surface area contributed by atoms with E-state index in [1.54, 1.807) is 18.3 Å². The molecule has 1 N–H and O–H groups in total. The summed E-state index contributed by atoms with van der Waals surface area (Å²) in [6.45, 7) is 0.519. The second-order valence-electron chi connectivity index (χ2n) is 7.23. The van der Waals surface area contributed by atoms with Crippen LogP contribution in [0.2, 0.25) is 0 Å². The number of amides is 1. The van der Waals surface area contributed by atoms with Gasteiger partial charge >= 0.3 is 11.7 Å². The van der Waals surface area contributed by atoms with Crippen molar-refractivity contribution in [1.29, 1.82) is 0 Å². The molecule has 0 aliphatic rings. The van der Waals surface area contributed by atoms with Crippen LogP contribution in [0.15, 0.2) is 59.5 Å². The zero-order chi connectivity index (χ0) is 22.8. The summed E-state index contributed by atoms with van der Waals surface area (Å²) in [5.41, 5.74) is 1.75. The Labute approximate surface area is 185 Å². The van der Waals surface area contributed by atoms with Gasteiger partial charge in [-0.2, -0.15) is 10.1 Å². The van der Waals surface area contributed by atoms with Crippen molar-refractivity contribution in [2.75, 3.05) is 12.4 Å². The molecule has 0 aliphatic carbocycles. The molecule has 9 nitrogen and oxygen atoms in total. The summed E-state index contributed by atoms with van der Waals surface area (Å²) in [7, 11) is 1.30. The minimum Gasteiger partial charge on any atom is -0.469 e. The number of aryl methyl sites for hydroxylation is 2. The van der Waals surface area contributed by atoms with Gasteiger partial charge in [0, 0.05) is 12.7 Å². The van der Waals surface area contributed by atoms with Gasteiger partial charge in [-0.05, 0) is 43.0 Å². The highest BCUT2D eigenvalue weighted by molar-refractivity contribution is 5.91. The SMILES string of the molecule is COC(=O)Cc1ccn(CCCCc2ccc(NC(=O)Cc3ccccc3)nn2)c(=O)n1. The van der Waals surface area contributed by atoms with E-state index in [0.29, 0.717) is 24.5 Å². The summed E-state index contributed by atoms with van der Waals surface area (Å²) in [6, 6.07) is 14.7. The first kappa shape index (κ1) is 22.8. The van der Waals surface area contributed by atoms with Crippen LogP contribution in [0.4, 0.5) is 5.82 Å². The fourth-order valence-electron chi connectivity index (χ4n) is 3.07. The molecule has 2 heterocycles. The number of nitrogens with zero attached hydrogens (tertiary/aromatic N) is 4. The normalized spacial score (nSPS) is 10.5. The van der Waals surface area contributed by atoms with Gasteiger partial charge in [-0.3, -0.25) is 14.2 Å². The van der Waals surface area contributed by atoms with Crippen molar-refractivity contribution >= 4 is 17.7 Å². The Morgan fingerprint density at radius 1 is 0.969 bits per heavy atom. The third-order valence-corrected chi connectivity index (χ3v) is 4.76. The number of anilines is 1. The minimum absolute atomic E-state index is 0.0199. The average molecular weight is 435 g/mol. The first-order valence-corrected chi connectivity index (χ1v) is 10.3. The zero-order valence-electron chi connectivity index (χ0n) is 17.9. The summed E-state index contributed by atoms with van der Waals surface area (Å²) in [5, 5.41) is 11.0. The number of unbranched alkanes of at least 4 members (excludes halogenated alkanes) is 1. The van der Waals surface area contributed by atoms with Crippen molar-refractivity contribution in [2.24, 2.45) is 0 Å². The number of hydrogen-bond acceptors (Lipinski definition) is 7. The van der Waals surface area contributed by atoms with Crippen LogP contribution in [-0.2, 0) is 40.1 Å². The summed E-state index contributed by atoms with van der Waals surface area (Å²) in [4.78, 5) is 39.3. The van der Waals surface area contributed by atoms with E-state index < -0.39 is 5.97 Å². The van der Waals surface area contributed by atoms with E-state index >= 15 is 0 Å². The molecule has 0 unspecified atom stereocenters. The Bertz CT molecular complexity index is 1100. The topological polar surface area (TPSA) is 116 Å². The molecule has 0 bridgehead atoms. The Hall–Kier alpha value is -3.88. The molecule has 9 heteroatoms. The molecule has 0 fully saturated rings. The number of carbonyl (C=O) groups excluding carboxylic acids is 2. The van der Waals surface area contributed by atoms with Crippen molar-refractivity contribution in [2.45, 2.75) is 38.6 Å². The second kappa shape index (κ2) is 11.5.